The molecule has 0 aliphatic heterocycles. The number of aliphatic hydroxyl groups excluding tert-OH is 1. The number of nitrogens with one attached hydrogen (secondary N) is 1. The molecule has 0 aliphatic rings. The maximum Gasteiger partial charge on any atom is 0.258 e. The molecule has 0 aliphatic carbocycles. The zero-order chi connectivity index (χ0) is 14.4. The molecule has 0 fully saturated rings. The highest BCUT2D eigenvalue weighted by atomic mass is 16.5. The van der Waals surface area contributed by atoms with Gasteiger partial charge in [0.25, 0.3) is 5.91 Å². The minimum absolute atomic E-state index is 0.000709. The molecule has 0 spiro atoms. The maximum atomic E-state index is 12.2. The number of carbonyl (C=O) groups excluding carboxylic acids is 1. The van der Waals surface area contributed by atoms with Crippen LogP contribution in [0.4, 0.5) is 5.82 Å². The zero-order valence-electron chi connectivity index (χ0n) is 11.0. The fraction of sp³-hybridized carbons (Fsp3) is 0.200. The van der Waals surface area contributed by atoms with Crippen molar-refractivity contribution in [2.45, 2.75) is 13.3 Å². The number of aromatic nitrogens is 1. The highest BCUT2D eigenvalue weighted by Crippen LogP contribution is 2.13. The molecule has 1 aromatic heterocycles. The van der Waals surface area contributed by atoms with Gasteiger partial charge in [0.1, 0.15) is 6.26 Å². The maximum absolute atomic E-state index is 12.2. The average molecular weight is 270 g/mol. The lowest BCUT2D eigenvalue weighted by Crippen LogP contribution is -2.13. The number of hydrogen-bond acceptors (Lipinski definition) is 4. The molecule has 2 N–H and O–H groups in total. The van der Waals surface area contributed by atoms with Gasteiger partial charge < -0.3 is 14.9 Å². The van der Waals surface area contributed by atoms with Crippen molar-refractivity contribution in [1.82, 2.24) is 5.16 Å². The molecule has 0 atom stereocenters. The van der Waals surface area contributed by atoms with Gasteiger partial charge in [0, 0.05) is 18.1 Å². The second-order valence-electron chi connectivity index (χ2n) is 4.16. The lowest BCUT2D eigenvalue weighted by atomic mass is 10.0. The molecule has 0 saturated carbocycles. The lowest BCUT2D eigenvalue weighted by molar-refractivity contribution is 0.102. The Balaban J connectivity index is 2.26. The molecule has 0 radical (unpaired) electrons. The summed E-state index contributed by atoms with van der Waals surface area (Å²) in [7, 11) is 0. The van der Waals surface area contributed by atoms with Crippen molar-refractivity contribution in [3.8, 4) is 11.8 Å². The first-order chi connectivity index (χ1) is 9.70. The van der Waals surface area contributed by atoms with Crippen molar-refractivity contribution < 1.29 is 14.4 Å². The van der Waals surface area contributed by atoms with E-state index in [4.69, 9.17) is 5.11 Å². The minimum Gasteiger partial charge on any atom is -0.395 e. The van der Waals surface area contributed by atoms with Gasteiger partial charge in [-0.15, -0.1) is 0 Å². The Morgan fingerprint density at radius 2 is 2.30 bits per heavy atom. The first-order valence-corrected chi connectivity index (χ1v) is 6.13. The first kappa shape index (κ1) is 13.8. The third-order valence-corrected chi connectivity index (χ3v) is 2.56. The molecule has 2 aromatic rings. The third-order valence-electron chi connectivity index (χ3n) is 2.56. The van der Waals surface area contributed by atoms with Crippen LogP contribution in [0.5, 0.6) is 0 Å². The van der Waals surface area contributed by atoms with Crippen molar-refractivity contribution >= 4 is 11.7 Å². The van der Waals surface area contributed by atoms with E-state index >= 15 is 0 Å². The summed E-state index contributed by atoms with van der Waals surface area (Å²) >= 11 is 0. The van der Waals surface area contributed by atoms with Crippen LogP contribution in [0.2, 0.25) is 0 Å². The molecule has 2 rings (SSSR count). The second-order valence-corrected chi connectivity index (χ2v) is 4.16. The minimum atomic E-state index is -0.299. The number of anilines is 1. The van der Waals surface area contributed by atoms with Crippen LogP contribution in [-0.2, 0) is 0 Å². The molecular formula is C15H14N2O3. The number of rotatable bonds is 3. The normalized spacial score (nSPS) is 9.70. The van der Waals surface area contributed by atoms with Crippen LogP contribution >= 0.6 is 0 Å². The van der Waals surface area contributed by atoms with Gasteiger partial charge in [0.05, 0.1) is 12.2 Å². The quantitative estimate of drug-likeness (QED) is 0.836. The predicted molar refractivity (Wildman–Crippen MR) is 74.2 cm³/mol. The van der Waals surface area contributed by atoms with Crippen molar-refractivity contribution in [3.05, 3.63) is 47.2 Å². The Labute approximate surface area is 116 Å². The Morgan fingerprint density at radius 1 is 1.45 bits per heavy atom. The molecular weight excluding hydrogens is 256 g/mol. The number of carbonyl (C=O) groups is 1. The summed E-state index contributed by atoms with van der Waals surface area (Å²) in [5, 5.41) is 15.0. The molecule has 5 nitrogen and oxygen atoms in total. The van der Waals surface area contributed by atoms with E-state index in [1.807, 2.05) is 19.1 Å². The van der Waals surface area contributed by atoms with Crippen LogP contribution in [0.3, 0.4) is 0 Å². The van der Waals surface area contributed by atoms with Gasteiger partial charge in [-0.25, -0.2) is 0 Å². The summed E-state index contributed by atoms with van der Waals surface area (Å²) in [6, 6.07) is 6.95. The molecule has 102 valence electrons. The lowest BCUT2D eigenvalue weighted by Gasteiger charge is -2.05. The Bertz CT molecular complexity index is 651. The fourth-order valence-electron chi connectivity index (χ4n) is 1.63. The van der Waals surface area contributed by atoms with Crippen molar-refractivity contribution in [2.24, 2.45) is 0 Å². The summed E-state index contributed by atoms with van der Waals surface area (Å²) in [5.41, 5.74) is 2.10. The summed E-state index contributed by atoms with van der Waals surface area (Å²) in [5.74, 6) is 5.77. The summed E-state index contributed by atoms with van der Waals surface area (Å²) in [6.45, 7) is 1.93. The molecule has 0 bridgehead atoms. The topological polar surface area (TPSA) is 75.4 Å². The predicted octanol–water partition coefficient (Wildman–Crippen LogP) is 1.97. The van der Waals surface area contributed by atoms with Crippen molar-refractivity contribution in [2.75, 3.05) is 11.9 Å². The number of hydrogen-bond donors (Lipinski definition) is 2. The largest absolute Gasteiger partial charge is 0.395 e. The fourth-order valence-corrected chi connectivity index (χ4v) is 1.63. The second kappa shape index (κ2) is 6.55. The standard InChI is InChI=1S/C15H14N2O3/c1-11-5-6-13(12(10-11)4-2-3-8-18)15(19)16-14-7-9-20-17-14/h5-7,9-10,18H,3,8H2,1H3,(H,16,17,19). The van der Waals surface area contributed by atoms with E-state index < -0.39 is 0 Å². The molecule has 0 unspecified atom stereocenters. The molecule has 1 amide bonds. The number of nitrogens with zero attached hydrogens (tertiary/aromatic N) is 1. The van der Waals surface area contributed by atoms with Gasteiger partial charge in [-0.3, -0.25) is 4.79 Å². The summed E-state index contributed by atoms with van der Waals surface area (Å²) in [4.78, 5) is 12.2. The van der Waals surface area contributed by atoms with Gasteiger partial charge in [-0.05, 0) is 24.6 Å². The smallest absolute Gasteiger partial charge is 0.258 e. The molecule has 1 heterocycles. The van der Waals surface area contributed by atoms with E-state index in [0.29, 0.717) is 23.4 Å². The SMILES string of the molecule is Cc1ccc(C(=O)Nc2ccon2)c(C#CCCO)c1. The van der Waals surface area contributed by atoms with Crippen molar-refractivity contribution in [1.29, 1.82) is 0 Å². The van der Waals surface area contributed by atoms with Gasteiger partial charge in [-0.2, -0.15) is 0 Å². The third kappa shape index (κ3) is 3.46. The Kier molecular flexibility index (Phi) is 4.53. The van der Waals surface area contributed by atoms with Crippen LogP contribution in [0.15, 0.2) is 35.1 Å². The van der Waals surface area contributed by atoms with Crippen LogP contribution < -0.4 is 5.32 Å². The van der Waals surface area contributed by atoms with Crippen LogP contribution in [0, 0.1) is 18.8 Å². The number of aryl methyl sites for hydroxylation is 1. The van der Waals surface area contributed by atoms with Crippen LogP contribution in [-0.4, -0.2) is 22.8 Å². The van der Waals surface area contributed by atoms with E-state index in [2.05, 4.69) is 26.8 Å². The van der Waals surface area contributed by atoms with Crippen molar-refractivity contribution in [3.63, 3.8) is 0 Å². The van der Waals surface area contributed by atoms with Crippen LogP contribution in [0.1, 0.15) is 27.9 Å². The number of aliphatic hydroxyl groups is 1. The average Bonchev–Trinajstić information content (AvgIpc) is 2.92. The van der Waals surface area contributed by atoms with Gasteiger partial charge in [0.2, 0.25) is 0 Å². The number of amides is 1. The van der Waals surface area contributed by atoms with E-state index in [1.54, 1.807) is 12.1 Å². The first-order valence-electron chi connectivity index (χ1n) is 6.13. The highest BCUT2D eigenvalue weighted by Gasteiger charge is 2.11. The number of benzene rings is 1. The van der Waals surface area contributed by atoms with E-state index in [1.165, 1.54) is 6.26 Å². The van der Waals surface area contributed by atoms with Crippen LogP contribution in [0.25, 0.3) is 0 Å². The van der Waals surface area contributed by atoms with E-state index in [0.717, 1.165) is 5.56 Å². The molecule has 5 heteroatoms. The Morgan fingerprint density at radius 3 is 3.00 bits per heavy atom. The molecule has 1 aromatic carbocycles. The zero-order valence-corrected chi connectivity index (χ0v) is 11.0. The van der Waals surface area contributed by atoms with Gasteiger partial charge in [0.15, 0.2) is 5.82 Å². The van der Waals surface area contributed by atoms with E-state index in [-0.39, 0.29) is 12.5 Å². The summed E-state index contributed by atoms with van der Waals surface area (Å²) in [6.07, 6.45) is 1.75. The van der Waals surface area contributed by atoms with E-state index in [9.17, 15) is 4.79 Å². The highest BCUT2D eigenvalue weighted by molar-refractivity contribution is 6.05. The monoisotopic (exact) mass is 270 g/mol. The molecule has 0 saturated heterocycles. The van der Waals surface area contributed by atoms with Gasteiger partial charge >= 0.3 is 0 Å². The summed E-state index contributed by atoms with van der Waals surface area (Å²) < 4.78 is 4.66. The van der Waals surface area contributed by atoms with Gasteiger partial charge in [-0.1, -0.05) is 23.1 Å². The Hall–Kier alpha value is -2.58. The molecule has 20 heavy (non-hydrogen) atoms.